The van der Waals surface area contributed by atoms with Gasteiger partial charge >= 0.3 is 11.8 Å². The Kier molecular flexibility index (Phi) is 3.98. The summed E-state index contributed by atoms with van der Waals surface area (Å²) in [5.74, 6) is 2.00. The van der Waals surface area contributed by atoms with Gasteiger partial charge < -0.3 is 10.6 Å². The van der Waals surface area contributed by atoms with Crippen LogP contribution >= 0.6 is 0 Å². The van der Waals surface area contributed by atoms with Crippen LogP contribution in [0, 0.1) is 23.7 Å². The minimum Gasteiger partial charge on any atom is -0.348 e. The zero-order valence-electron chi connectivity index (χ0n) is 13.3. The van der Waals surface area contributed by atoms with Crippen molar-refractivity contribution in [2.45, 2.75) is 64.3 Å². The molecule has 4 rings (SSSR count). The van der Waals surface area contributed by atoms with Crippen LogP contribution in [-0.2, 0) is 9.59 Å². The highest BCUT2D eigenvalue weighted by Gasteiger charge is 2.51. The first-order chi connectivity index (χ1) is 9.96. The molecule has 4 nitrogen and oxygen atoms in total. The van der Waals surface area contributed by atoms with E-state index in [4.69, 9.17) is 0 Å². The van der Waals surface area contributed by atoms with E-state index in [0.29, 0.717) is 12.5 Å². The van der Waals surface area contributed by atoms with Crippen molar-refractivity contribution in [2.24, 2.45) is 23.7 Å². The van der Waals surface area contributed by atoms with Crippen LogP contribution < -0.4 is 10.6 Å². The lowest BCUT2D eigenvalue weighted by molar-refractivity contribution is -0.142. The number of amides is 2. The molecule has 0 saturated heterocycles. The molecule has 4 aliphatic rings. The fourth-order valence-corrected chi connectivity index (χ4v) is 5.12. The molecule has 4 saturated carbocycles. The van der Waals surface area contributed by atoms with Crippen LogP contribution in [0.4, 0.5) is 0 Å². The second-order valence-corrected chi connectivity index (χ2v) is 8.09. The maximum absolute atomic E-state index is 12.2. The summed E-state index contributed by atoms with van der Waals surface area (Å²) in [4.78, 5) is 24.1. The summed E-state index contributed by atoms with van der Waals surface area (Å²) in [6.07, 6.45) is 8.20. The fourth-order valence-electron chi connectivity index (χ4n) is 5.12. The van der Waals surface area contributed by atoms with Gasteiger partial charge in [0.25, 0.3) is 0 Å². The van der Waals surface area contributed by atoms with Gasteiger partial charge in [-0.05, 0) is 68.6 Å². The molecular weight excluding hydrogens is 264 g/mol. The second kappa shape index (κ2) is 5.62. The predicted molar refractivity (Wildman–Crippen MR) is 81.5 cm³/mol. The number of carbonyl (C=O) groups is 2. The zero-order chi connectivity index (χ0) is 15.0. The van der Waals surface area contributed by atoms with Gasteiger partial charge in [0, 0.05) is 12.1 Å². The number of carbonyl (C=O) groups excluding carboxylic acids is 2. The van der Waals surface area contributed by atoms with Gasteiger partial charge in [0.1, 0.15) is 0 Å². The summed E-state index contributed by atoms with van der Waals surface area (Å²) in [6, 6.07) is 0. The average molecular weight is 292 g/mol. The van der Waals surface area contributed by atoms with Crippen LogP contribution in [0.5, 0.6) is 0 Å². The Hall–Kier alpha value is -1.06. The van der Waals surface area contributed by atoms with Crippen molar-refractivity contribution in [1.29, 1.82) is 0 Å². The van der Waals surface area contributed by atoms with Gasteiger partial charge in [-0.3, -0.25) is 9.59 Å². The molecule has 0 aromatic carbocycles. The van der Waals surface area contributed by atoms with Crippen LogP contribution in [0.1, 0.15) is 58.8 Å². The zero-order valence-corrected chi connectivity index (χ0v) is 13.3. The first kappa shape index (κ1) is 14.9. The maximum Gasteiger partial charge on any atom is 0.309 e. The molecule has 118 valence electrons. The van der Waals surface area contributed by atoms with Crippen LogP contribution in [-0.4, -0.2) is 23.9 Å². The number of rotatable bonds is 4. The van der Waals surface area contributed by atoms with Crippen molar-refractivity contribution < 1.29 is 9.59 Å². The first-order valence-electron chi connectivity index (χ1n) is 8.56. The Bertz CT molecular complexity index is 395. The number of hydrogen-bond donors (Lipinski definition) is 2. The van der Waals surface area contributed by atoms with Gasteiger partial charge in [0.15, 0.2) is 0 Å². The van der Waals surface area contributed by atoms with Gasteiger partial charge in [0.05, 0.1) is 0 Å². The van der Waals surface area contributed by atoms with E-state index in [1.807, 2.05) is 0 Å². The first-order valence-corrected chi connectivity index (χ1v) is 8.56. The smallest absolute Gasteiger partial charge is 0.309 e. The molecule has 0 aromatic heterocycles. The summed E-state index contributed by atoms with van der Waals surface area (Å²) in [5.41, 5.74) is -0.0682. The van der Waals surface area contributed by atoms with Crippen molar-refractivity contribution >= 4 is 11.8 Å². The van der Waals surface area contributed by atoms with Crippen molar-refractivity contribution in [2.75, 3.05) is 6.54 Å². The minimum atomic E-state index is -0.452. The Labute approximate surface area is 127 Å². The third-order valence-electron chi connectivity index (χ3n) is 5.63. The molecule has 4 bridgehead atoms. The van der Waals surface area contributed by atoms with Crippen molar-refractivity contribution in [3.05, 3.63) is 0 Å². The third-order valence-corrected chi connectivity index (χ3v) is 5.63. The molecule has 0 aliphatic heterocycles. The lowest BCUT2D eigenvalue weighted by Gasteiger charge is -2.56. The summed E-state index contributed by atoms with van der Waals surface area (Å²) < 4.78 is 0. The highest BCUT2D eigenvalue weighted by atomic mass is 16.2. The van der Waals surface area contributed by atoms with Gasteiger partial charge in [-0.2, -0.15) is 0 Å². The molecule has 0 heterocycles. The molecule has 0 spiro atoms. The van der Waals surface area contributed by atoms with E-state index in [0.717, 1.165) is 43.4 Å². The Morgan fingerprint density at radius 2 is 1.52 bits per heavy atom. The van der Waals surface area contributed by atoms with E-state index in [2.05, 4.69) is 24.5 Å². The van der Waals surface area contributed by atoms with Gasteiger partial charge in [-0.25, -0.2) is 0 Å². The van der Waals surface area contributed by atoms with Crippen molar-refractivity contribution in [3.63, 3.8) is 0 Å². The topological polar surface area (TPSA) is 58.2 Å². The van der Waals surface area contributed by atoms with Crippen molar-refractivity contribution in [1.82, 2.24) is 10.6 Å². The lowest BCUT2D eigenvalue weighted by Crippen LogP contribution is -2.61. The summed E-state index contributed by atoms with van der Waals surface area (Å²) in [6.45, 7) is 4.81. The molecular formula is C17H28N2O2. The minimum absolute atomic E-state index is 0.0682. The summed E-state index contributed by atoms with van der Waals surface area (Å²) >= 11 is 0. The number of hydrogen-bond acceptors (Lipinski definition) is 2. The Morgan fingerprint density at radius 3 is 2.00 bits per heavy atom. The normalized spacial score (nSPS) is 36.8. The van der Waals surface area contributed by atoms with E-state index in [-0.39, 0.29) is 5.54 Å². The second-order valence-electron chi connectivity index (χ2n) is 8.09. The Balaban J connectivity index is 1.54. The summed E-state index contributed by atoms with van der Waals surface area (Å²) in [7, 11) is 0. The molecule has 0 atom stereocenters. The monoisotopic (exact) mass is 292 g/mol. The summed E-state index contributed by atoms with van der Waals surface area (Å²) in [5, 5.41) is 5.86. The third kappa shape index (κ3) is 3.24. The molecule has 0 unspecified atom stereocenters. The van der Waals surface area contributed by atoms with E-state index >= 15 is 0 Å². The van der Waals surface area contributed by atoms with E-state index in [1.165, 1.54) is 19.3 Å². The largest absolute Gasteiger partial charge is 0.348 e. The van der Waals surface area contributed by atoms with Crippen LogP contribution in [0.3, 0.4) is 0 Å². The van der Waals surface area contributed by atoms with Crippen LogP contribution in [0.25, 0.3) is 0 Å². The lowest BCUT2D eigenvalue weighted by atomic mass is 9.53. The van der Waals surface area contributed by atoms with E-state index in [1.54, 1.807) is 0 Å². The van der Waals surface area contributed by atoms with Crippen molar-refractivity contribution in [3.8, 4) is 0 Å². The molecule has 4 heteroatoms. The van der Waals surface area contributed by atoms with Crippen LogP contribution in [0.2, 0.25) is 0 Å². The molecule has 2 amide bonds. The molecule has 0 aromatic rings. The highest BCUT2D eigenvalue weighted by Crippen LogP contribution is 2.55. The standard InChI is InChI=1S/C17H28N2O2/c1-11(2)3-4-18-15(20)16(21)19-17-8-12-5-13(9-17)7-14(6-12)10-17/h11-14H,3-10H2,1-2H3,(H,18,20)(H,19,21). The van der Waals surface area contributed by atoms with Crippen LogP contribution in [0.15, 0.2) is 0 Å². The maximum atomic E-state index is 12.2. The van der Waals surface area contributed by atoms with E-state index < -0.39 is 11.8 Å². The fraction of sp³-hybridized carbons (Fsp3) is 0.882. The van der Waals surface area contributed by atoms with E-state index in [9.17, 15) is 9.59 Å². The molecule has 4 aliphatic carbocycles. The SMILES string of the molecule is CC(C)CCNC(=O)C(=O)NC12CC3CC(CC(C3)C1)C2. The van der Waals surface area contributed by atoms with Gasteiger partial charge in [0.2, 0.25) is 0 Å². The Morgan fingerprint density at radius 1 is 1.00 bits per heavy atom. The number of nitrogens with one attached hydrogen (secondary N) is 2. The molecule has 2 N–H and O–H groups in total. The van der Waals surface area contributed by atoms with Gasteiger partial charge in [-0.15, -0.1) is 0 Å². The average Bonchev–Trinajstić information content (AvgIpc) is 2.35. The van der Waals surface area contributed by atoms with Gasteiger partial charge in [-0.1, -0.05) is 13.8 Å². The molecule has 4 fully saturated rings. The predicted octanol–water partition coefficient (Wildman–Crippen LogP) is 2.23. The molecule has 21 heavy (non-hydrogen) atoms. The molecule has 0 radical (unpaired) electrons. The quantitative estimate of drug-likeness (QED) is 0.781. The highest BCUT2D eigenvalue weighted by molar-refractivity contribution is 6.35.